The van der Waals surface area contributed by atoms with Crippen molar-refractivity contribution in [1.29, 1.82) is 0 Å². The Morgan fingerprint density at radius 1 is 0.955 bits per heavy atom. The lowest BCUT2D eigenvalue weighted by atomic mass is 10.1. The zero-order valence-corrected chi connectivity index (χ0v) is 13.6. The summed E-state index contributed by atoms with van der Waals surface area (Å²) >= 11 is 0. The predicted octanol–water partition coefficient (Wildman–Crippen LogP) is 2.32. The molecule has 1 aliphatic rings. The first-order chi connectivity index (χ1) is 10.6. The molecular formula is C16H28N2O4. The van der Waals surface area contributed by atoms with Gasteiger partial charge in [0, 0.05) is 19.3 Å². The van der Waals surface area contributed by atoms with E-state index in [2.05, 4.69) is 5.32 Å². The van der Waals surface area contributed by atoms with Crippen LogP contribution < -0.4 is 5.32 Å². The normalized spacial score (nSPS) is 14.7. The highest BCUT2D eigenvalue weighted by Gasteiger charge is 2.32. The number of hydrogen-bond donors (Lipinski definition) is 1. The Hall–Kier alpha value is -1.43. The lowest BCUT2D eigenvalue weighted by molar-refractivity contribution is -0.197. The second kappa shape index (κ2) is 11.2. The summed E-state index contributed by atoms with van der Waals surface area (Å²) in [6.45, 7) is 1.09. The number of hydrogen-bond acceptors (Lipinski definition) is 5. The Balaban J connectivity index is 1.93. The minimum atomic E-state index is -0.490. The minimum Gasteiger partial charge on any atom is -0.330 e. The molecule has 2 amide bonds. The molecule has 1 N–H and O–H groups in total. The Morgan fingerprint density at radius 2 is 1.45 bits per heavy atom. The first-order valence-electron chi connectivity index (χ1n) is 8.36. The van der Waals surface area contributed by atoms with Crippen molar-refractivity contribution in [3.05, 3.63) is 0 Å². The van der Waals surface area contributed by atoms with E-state index in [1.807, 2.05) is 7.05 Å². The van der Waals surface area contributed by atoms with E-state index in [1.165, 1.54) is 32.1 Å². The zero-order chi connectivity index (χ0) is 16.2. The van der Waals surface area contributed by atoms with Crippen LogP contribution in [0.4, 0.5) is 0 Å². The van der Waals surface area contributed by atoms with E-state index in [1.54, 1.807) is 0 Å². The molecule has 22 heavy (non-hydrogen) atoms. The van der Waals surface area contributed by atoms with Crippen LogP contribution in [0.3, 0.4) is 0 Å². The topological polar surface area (TPSA) is 75.7 Å². The third kappa shape index (κ3) is 7.54. The first kappa shape index (κ1) is 18.6. The van der Waals surface area contributed by atoms with Gasteiger partial charge in [-0.05, 0) is 26.4 Å². The van der Waals surface area contributed by atoms with Gasteiger partial charge in [-0.15, -0.1) is 5.06 Å². The summed E-state index contributed by atoms with van der Waals surface area (Å²) in [5.41, 5.74) is 0. The molecule has 0 saturated carbocycles. The Kier molecular flexibility index (Phi) is 9.46. The molecule has 1 fully saturated rings. The highest BCUT2D eigenvalue weighted by atomic mass is 16.7. The van der Waals surface area contributed by atoms with Crippen molar-refractivity contribution < 1.29 is 19.2 Å². The van der Waals surface area contributed by atoms with Gasteiger partial charge in [0.1, 0.15) is 0 Å². The second-order valence-electron chi connectivity index (χ2n) is 5.73. The fourth-order valence-corrected chi connectivity index (χ4v) is 2.44. The monoisotopic (exact) mass is 312 g/mol. The Labute approximate surface area is 132 Å². The summed E-state index contributed by atoms with van der Waals surface area (Å²) in [5.74, 6) is -1.33. The molecule has 0 bridgehead atoms. The van der Waals surface area contributed by atoms with Gasteiger partial charge >= 0.3 is 5.97 Å². The maximum Gasteiger partial charge on any atom is 0.333 e. The average molecular weight is 312 g/mol. The average Bonchev–Trinajstić information content (AvgIpc) is 2.81. The molecule has 1 aliphatic heterocycles. The lowest BCUT2D eigenvalue weighted by Gasteiger charge is -2.12. The van der Waals surface area contributed by atoms with Gasteiger partial charge < -0.3 is 10.2 Å². The standard InChI is InChI=1S/C16H28N2O4/c1-17-13-9-7-5-3-2-4-6-8-10-16(21)22-18-14(19)11-12-15(18)20/h17H,2-13H2,1H3. The van der Waals surface area contributed by atoms with Crippen LogP contribution in [-0.4, -0.2) is 36.4 Å². The number of imide groups is 1. The maximum absolute atomic E-state index is 11.6. The van der Waals surface area contributed by atoms with Gasteiger partial charge in [-0.1, -0.05) is 38.5 Å². The summed E-state index contributed by atoms with van der Waals surface area (Å²) in [6, 6.07) is 0. The summed E-state index contributed by atoms with van der Waals surface area (Å²) in [5, 5.41) is 3.76. The van der Waals surface area contributed by atoms with Crippen molar-refractivity contribution in [2.24, 2.45) is 0 Å². The number of unbranched alkanes of at least 4 members (excludes halogenated alkanes) is 7. The first-order valence-corrected chi connectivity index (χ1v) is 8.36. The molecule has 1 saturated heterocycles. The van der Waals surface area contributed by atoms with E-state index in [-0.39, 0.29) is 19.3 Å². The van der Waals surface area contributed by atoms with Gasteiger partial charge in [0.2, 0.25) is 0 Å². The largest absolute Gasteiger partial charge is 0.333 e. The molecule has 0 aromatic rings. The van der Waals surface area contributed by atoms with Crippen molar-refractivity contribution >= 4 is 17.8 Å². The number of amides is 2. The third-order valence-corrected chi connectivity index (χ3v) is 3.76. The summed E-state index contributed by atoms with van der Waals surface area (Å²) < 4.78 is 0. The summed E-state index contributed by atoms with van der Waals surface area (Å²) in [6.07, 6.45) is 9.58. The van der Waals surface area contributed by atoms with Gasteiger partial charge in [-0.2, -0.15) is 0 Å². The van der Waals surface area contributed by atoms with E-state index >= 15 is 0 Å². The van der Waals surface area contributed by atoms with Crippen molar-refractivity contribution in [2.75, 3.05) is 13.6 Å². The van der Waals surface area contributed by atoms with E-state index < -0.39 is 17.8 Å². The molecule has 0 aromatic heterocycles. The van der Waals surface area contributed by atoms with Gasteiger partial charge in [0.15, 0.2) is 0 Å². The van der Waals surface area contributed by atoms with Crippen LogP contribution in [0.15, 0.2) is 0 Å². The second-order valence-corrected chi connectivity index (χ2v) is 5.73. The van der Waals surface area contributed by atoms with Gasteiger partial charge in [-0.25, -0.2) is 4.79 Å². The zero-order valence-electron chi connectivity index (χ0n) is 13.6. The highest BCUT2D eigenvalue weighted by molar-refractivity contribution is 6.01. The third-order valence-electron chi connectivity index (χ3n) is 3.76. The molecule has 0 radical (unpaired) electrons. The molecule has 0 atom stereocenters. The van der Waals surface area contributed by atoms with E-state index in [0.29, 0.717) is 5.06 Å². The lowest BCUT2D eigenvalue weighted by Crippen LogP contribution is -2.31. The maximum atomic E-state index is 11.6. The molecule has 0 unspecified atom stereocenters. The van der Waals surface area contributed by atoms with Gasteiger partial charge in [0.25, 0.3) is 11.8 Å². The molecule has 6 nitrogen and oxygen atoms in total. The van der Waals surface area contributed by atoms with Crippen LogP contribution in [0.25, 0.3) is 0 Å². The Morgan fingerprint density at radius 3 is 2.00 bits per heavy atom. The Bertz CT molecular complexity index is 355. The molecule has 6 heteroatoms. The van der Waals surface area contributed by atoms with E-state index in [9.17, 15) is 14.4 Å². The minimum absolute atomic E-state index is 0.139. The molecule has 1 heterocycles. The number of hydroxylamine groups is 2. The quantitative estimate of drug-likeness (QED) is 0.442. The molecule has 0 aromatic carbocycles. The number of nitrogens with one attached hydrogen (secondary N) is 1. The van der Waals surface area contributed by atoms with Crippen molar-refractivity contribution in [1.82, 2.24) is 10.4 Å². The predicted molar refractivity (Wildman–Crippen MR) is 82.7 cm³/mol. The van der Waals surface area contributed by atoms with Crippen LogP contribution in [-0.2, 0) is 19.2 Å². The van der Waals surface area contributed by atoms with Crippen LogP contribution >= 0.6 is 0 Å². The summed E-state index contributed by atoms with van der Waals surface area (Å²) in [7, 11) is 1.97. The van der Waals surface area contributed by atoms with Crippen molar-refractivity contribution in [3.8, 4) is 0 Å². The molecule has 0 aliphatic carbocycles. The number of carbonyl (C=O) groups is 3. The fraction of sp³-hybridized carbons (Fsp3) is 0.812. The smallest absolute Gasteiger partial charge is 0.330 e. The van der Waals surface area contributed by atoms with Crippen LogP contribution in [0.2, 0.25) is 0 Å². The van der Waals surface area contributed by atoms with Crippen LogP contribution in [0, 0.1) is 0 Å². The van der Waals surface area contributed by atoms with E-state index in [0.717, 1.165) is 25.8 Å². The number of carbonyl (C=O) groups excluding carboxylic acids is 3. The highest BCUT2D eigenvalue weighted by Crippen LogP contribution is 2.14. The van der Waals surface area contributed by atoms with E-state index in [4.69, 9.17) is 4.84 Å². The van der Waals surface area contributed by atoms with Crippen molar-refractivity contribution in [3.63, 3.8) is 0 Å². The fourth-order valence-electron chi connectivity index (χ4n) is 2.44. The molecule has 0 spiro atoms. The van der Waals surface area contributed by atoms with Crippen LogP contribution in [0.1, 0.15) is 70.6 Å². The van der Waals surface area contributed by atoms with Gasteiger partial charge in [-0.3, -0.25) is 9.59 Å². The number of rotatable bonds is 12. The van der Waals surface area contributed by atoms with Gasteiger partial charge in [0.05, 0.1) is 0 Å². The molecular weight excluding hydrogens is 284 g/mol. The summed E-state index contributed by atoms with van der Waals surface area (Å²) in [4.78, 5) is 38.9. The van der Waals surface area contributed by atoms with Crippen LogP contribution in [0.5, 0.6) is 0 Å². The SMILES string of the molecule is CNCCCCCCCCCCC(=O)ON1C(=O)CCC1=O. The number of nitrogens with zero attached hydrogens (tertiary/aromatic N) is 1. The van der Waals surface area contributed by atoms with Crippen molar-refractivity contribution in [2.45, 2.75) is 70.6 Å². The molecule has 1 rings (SSSR count). The molecule has 126 valence electrons.